The Labute approximate surface area is 594 Å². The highest BCUT2D eigenvalue weighted by molar-refractivity contribution is 7.47. The van der Waals surface area contributed by atoms with E-state index in [0.29, 0.717) is 25.7 Å². The van der Waals surface area contributed by atoms with Gasteiger partial charge in [-0.15, -0.1) is 0 Å². The van der Waals surface area contributed by atoms with E-state index in [-0.39, 0.29) is 25.7 Å². The lowest BCUT2D eigenvalue weighted by atomic mass is 10.1. The van der Waals surface area contributed by atoms with Gasteiger partial charge in [-0.3, -0.25) is 37.3 Å². The van der Waals surface area contributed by atoms with Crippen LogP contribution in [0.15, 0.2) is 109 Å². The first-order valence-electron chi connectivity index (χ1n) is 38.1. The van der Waals surface area contributed by atoms with Gasteiger partial charge >= 0.3 is 39.5 Å². The van der Waals surface area contributed by atoms with E-state index in [2.05, 4.69) is 113 Å². The molecule has 564 valence electrons. The van der Waals surface area contributed by atoms with E-state index in [4.69, 9.17) is 37.0 Å². The van der Waals surface area contributed by atoms with Crippen molar-refractivity contribution in [1.82, 2.24) is 0 Å². The fourth-order valence-corrected chi connectivity index (χ4v) is 11.5. The fourth-order valence-electron chi connectivity index (χ4n) is 9.94. The summed E-state index contributed by atoms with van der Waals surface area (Å²) in [4.78, 5) is 72.7. The van der Waals surface area contributed by atoms with Gasteiger partial charge in [0.25, 0.3) is 0 Å². The number of phosphoric ester groups is 2. The van der Waals surface area contributed by atoms with Crippen molar-refractivity contribution in [2.45, 2.75) is 329 Å². The van der Waals surface area contributed by atoms with Crippen LogP contribution in [0.4, 0.5) is 0 Å². The lowest BCUT2D eigenvalue weighted by Gasteiger charge is -2.21. The molecule has 0 aromatic heterocycles. The summed E-state index contributed by atoms with van der Waals surface area (Å²) in [6.45, 7) is 4.58. The van der Waals surface area contributed by atoms with Gasteiger partial charge in [0.2, 0.25) is 0 Å². The van der Waals surface area contributed by atoms with Crippen LogP contribution in [0.5, 0.6) is 0 Å². The number of hydrogen-bond acceptors (Lipinski definition) is 15. The van der Waals surface area contributed by atoms with Gasteiger partial charge in [-0.1, -0.05) is 278 Å². The molecule has 0 aliphatic carbocycles. The number of allylic oxidation sites excluding steroid dienone is 17. The van der Waals surface area contributed by atoms with Crippen molar-refractivity contribution < 1.29 is 80.2 Å². The SMILES string of the molecule is CC/C=C\C/C=C\C/C=C\C/C=C\C/C=C\CC(=O)OC(COC(=O)CCCCCCCC/C=C\C/C=C\C/C=C\CCCCC)COP(=O)(O)OCC(O)COP(=O)(O)OCC(COC(=O)CCCCCCC/C=C\CCCCCC)OC(=O)CCCCCCCCCCCCC. The molecule has 0 bridgehead atoms. The van der Waals surface area contributed by atoms with Crippen molar-refractivity contribution in [3.8, 4) is 0 Å². The van der Waals surface area contributed by atoms with Crippen LogP contribution in [0.1, 0.15) is 310 Å². The van der Waals surface area contributed by atoms with Crippen LogP contribution in [-0.4, -0.2) is 96.7 Å². The molecule has 98 heavy (non-hydrogen) atoms. The first-order valence-corrected chi connectivity index (χ1v) is 41.1. The van der Waals surface area contributed by atoms with Gasteiger partial charge < -0.3 is 33.8 Å². The molecule has 0 rings (SSSR count). The molecule has 0 aliphatic rings. The highest BCUT2D eigenvalue weighted by Gasteiger charge is 2.30. The van der Waals surface area contributed by atoms with Crippen molar-refractivity contribution in [2.24, 2.45) is 0 Å². The van der Waals surface area contributed by atoms with Crippen molar-refractivity contribution in [3.63, 3.8) is 0 Å². The van der Waals surface area contributed by atoms with E-state index in [9.17, 15) is 43.2 Å². The summed E-state index contributed by atoms with van der Waals surface area (Å²) in [5.41, 5.74) is 0. The first kappa shape index (κ1) is 93.7. The summed E-state index contributed by atoms with van der Waals surface area (Å²) in [5, 5.41) is 10.6. The second kappa shape index (κ2) is 71.1. The van der Waals surface area contributed by atoms with Crippen molar-refractivity contribution >= 4 is 39.5 Å². The fraction of sp³-hybridized carbons (Fsp3) is 0.722. The number of carbonyl (C=O) groups is 4. The molecule has 17 nitrogen and oxygen atoms in total. The van der Waals surface area contributed by atoms with Gasteiger partial charge in [-0.05, 0) is 116 Å². The molecule has 0 spiro atoms. The smallest absolute Gasteiger partial charge is 0.462 e. The van der Waals surface area contributed by atoms with E-state index in [1.165, 1.54) is 83.5 Å². The third-order valence-electron chi connectivity index (χ3n) is 15.8. The van der Waals surface area contributed by atoms with Gasteiger partial charge in [0.15, 0.2) is 12.2 Å². The second-order valence-electron chi connectivity index (χ2n) is 25.2. The lowest BCUT2D eigenvalue weighted by Crippen LogP contribution is -2.30. The molecular formula is C79H136O17P2. The molecule has 0 saturated carbocycles. The third kappa shape index (κ3) is 70.2. The number of esters is 4. The van der Waals surface area contributed by atoms with Crippen LogP contribution in [0, 0.1) is 0 Å². The number of aliphatic hydroxyl groups excluding tert-OH is 1. The van der Waals surface area contributed by atoms with Gasteiger partial charge in [0.05, 0.1) is 32.8 Å². The number of aliphatic hydroxyl groups is 1. The van der Waals surface area contributed by atoms with Gasteiger partial charge in [-0.25, -0.2) is 9.13 Å². The average molecular weight is 1420 g/mol. The molecule has 0 radical (unpaired) electrons. The average Bonchev–Trinajstić information content (AvgIpc) is 1.06. The van der Waals surface area contributed by atoms with E-state index in [1.54, 1.807) is 12.2 Å². The van der Waals surface area contributed by atoms with Crippen molar-refractivity contribution in [3.05, 3.63) is 109 Å². The predicted molar refractivity (Wildman–Crippen MR) is 399 cm³/mol. The quantitative estimate of drug-likeness (QED) is 0.0169. The maximum absolute atomic E-state index is 13.1. The van der Waals surface area contributed by atoms with Gasteiger partial charge in [0, 0.05) is 19.3 Å². The number of unbranched alkanes of at least 4 members (excludes halogenated alkanes) is 28. The summed E-state index contributed by atoms with van der Waals surface area (Å²) in [7, 11) is -9.98. The standard InChI is InChI=1S/C79H136O17P2/c1-5-9-13-17-21-25-29-32-34-35-36-37-39-41-45-48-52-56-60-64-77(82)90-70-75(96-79(84)66-62-58-54-50-46-42-38-33-30-26-22-18-14-10-6-2)72-94-98(87,88)92-68-73(80)67-91-97(85,86)93-71-74(95-78(83)65-61-57-53-49-43-28-24-20-16-12-8-4)69-89-76(81)63-59-55-51-47-44-40-31-27-23-19-15-11-7-3/h10,14,21-22,25-27,31-34,36-38,46,50,58,62,73-75,80H,5-9,11-13,15-20,23-24,28-30,35,39-45,47-49,51-57,59-61,63-72H2,1-4H3,(H,85,86)(H,87,88)/b14-10-,25-21-,26-22-,31-27-,34-32-,37-36-,38-33-,50-46-,62-58-. The minimum atomic E-state index is -5.00. The lowest BCUT2D eigenvalue weighted by molar-refractivity contribution is -0.161. The summed E-state index contributed by atoms with van der Waals surface area (Å²) < 4.78 is 68.3. The molecule has 0 aromatic rings. The normalized spacial score (nSPS) is 14.6. The molecule has 0 heterocycles. The molecular weight excluding hydrogens is 1280 g/mol. The van der Waals surface area contributed by atoms with E-state index in [0.717, 1.165) is 148 Å². The molecule has 5 atom stereocenters. The Balaban J connectivity index is 5.39. The summed E-state index contributed by atoms with van der Waals surface area (Å²) in [6, 6.07) is 0. The number of carbonyl (C=O) groups excluding carboxylic acids is 4. The summed E-state index contributed by atoms with van der Waals surface area (Å²) in [5.74, 6) is -2.34. The maximum Gasteiger partial charge on any atom is 0.472 e. The molecule has 5 unspecified atom stereocenters. The highest BCUT2D eigenvalue weighted by atomic mass is 31.2. The zero-order valence-electron chi connectivity index (χ0n) is 61.4. The highest BCUT2D eigenvalue weighted by Crippen LogP contribution is 2.45. The molecule has 0 amide bonds. The minimum Gasteiger partial charge on any atom is -0.462 e. The number of hydrogen-bond donors (Lipinski definition) is 3. The van der Waals surface area contributed by atoms with Crippen molar-refractivity contribution in [1.29, 1.82) is 0 Å². The van der Waals surface area contributed by atoms with Crippen LogP contribution in [0.3, 0.4) is 0 Å². The van der Waals surface area contributed by atoms with E-state index >= 15 is 0 Å². The van der Waals surface area contributed by atoms with Crippen LogP contribution in [0.25, 0.3) is 0 Å². The van der Waals surface area contributed by atoms with Crippen LogP contribution in [-0.2, 0) is 65.4 Å². The third-order valence-corrected chi connectivity index (χ3v) is 17.7. The Hall–Kier alpha value is -4.28. The largest absolute Gasteiger partial charge is 0.472 e. The van der Waals surface area contributed by atoms with E-state index in [1.807, 2.05) is 12.2 Å². The number of ether oxygens (including phenoxy) is 4. The van der Waals surface area contributed by atoms with Crippen molar-refractivity contribution in [2.75, 3.05) is 39.6 Å². The molecule has 0 saturated heterocycles. The Morgan fingerprint density at radius 3 is 0.949 bits per heavy atom. The first-order chi connectivity index (χ1) is 47.7. The Morgan fingerprint density at radius 1 is 0.306 bits per heavy atom. The Kier molecular flexibility index (Phi) is 68.0. The molecule has 0 aliphatic heterocycles. The number of rotatable bonds is 71. The van der Waals surface area contributed by atoms with Gasteiger partial charge in [0.1, 0.15) is 19.3 Å². The summed E-state index contributed by atoms with van der Waals surface area (Å²) in [6.07, 6.45) is 75.4. The van der Waals surface area contributed by atoms with Crippen LogP contribution >= 0.6 is 15.6 Å². The van der Waals surface area contributed by atoms with Crippen LogP contribution in [0.2, 0.25) is 0 Å². The number of phosphoric acid groups is 2. The molecule has 19 heteroatoms. The Morgan fingerprint density at radius 2 is 0.571 bits per heavy atom. The minimum absolute atomic E-state index is 0.0930. The zero-order valence-corrected chi connectivity index (χ0v) is 63.2. The molecule has 3 N–H and O–H groups in total. The second-order valence-corrected chi connectivity index (χ2v) is 28.1. The van der Waals surface area contributed by atoms with Crippen LogP contribution < -0.4 is 0 Å². The monoisotopic (exact) mass is 1420 g/mol. The maximum atomic E-state index is 13.1. The Bertz CT molecular complexity index is 2290. The molecule has 0 fully saturated rings. The van der Waals surface area contributed by atoms with E-state index < -0.39 is 97.5 Å². The topological polar surface area (TPSA) is 237 Å². The zero-order chi connectivity index (χ0) is 71.8. The predicted octanol–water partition coefficient (Wildman–Crippen LogP) is 21.8. The molecule has 0 aromatic carbocycles. The van der Waals surface area contributed by atoms with Gasteiger partial charge in [-0.2, -0.15) is 0 Å². The summed E-state index contributed by atoms with van der Waals surface area (Å²) >= 11 is 0.